The van der Waals surface area contributed by atoms with Crippen molar-refractivity contribution >= 4 is 43.5 Å². The van der Waals surface area contributed by atoms with Gasteiger partial charge >= 0.3 is 0 Å². The van der Waals surface area contributed by atoms with Crippen molar-refractivity contribution in [1.29, 1.82) is 0 Å². The summed E-state index contributed by atoms with van der Waals surface area (Å²) < 4.78 is 6.23. The lowest BCUT2D eigenvalue weighted by Crippen LogP contribution is -2.00. The van der Waals surface area contributed by atoms with E-state index in [-0.39, 0.29) is 0 Å². The van der Waals surface area contributed by atoms with Crippen LogP contribution in [0.1, 0.15) is 0 Å². The summed E-state index contributed by atoms with van der Waals surface area (Å²) in [7, 11) is 0. The number of fused-ring (bicyclic) bond motifs is 5. The molecule has 51 heavy (non-hydrogen) atoms. The zero-order valence-electron chi connectivity index (χ0n) is 27.5. The Morgan fingerprint density at radius 1 is 0.314 bits per heavy atom. The van der Waals surface area contributed by atoms with E-state index in [4.69, 9.17) is 19.4 Å². The topological polar surface area (TPSA) is 51.8 Å². The third kappa shape index (κ3) is 5.04. The molecule has 0 aliphatic carbocycles. The number of hydrogen-bond donors (Lipinski definition) is 0. The monoisotopic (exact) mass is 651 g/mol. The summed E-state index contributed by atoms with van der Waals surface area (Å²) >= 11 is 0. The number of hydrogen-bond acceptors (Lipinski definition) is 4. The van der Waals surface area contributed by atoms with Crippen molar-refractivity contribution in [3.63, 3.8) is 0 Å². The molecule has 0 aliphatic rings. The minimum atomic E-state index is 0.605. The van der Waals surface area contributed by atoms with Crippen LogP contribution in [0.15, 0.2) is 180 Å². The van der Waals surface area contributed by atoms with Gasteiger partial charge in [-0.1, -0.05) is 158 Å². The maximum absolute atomic E-state index is 6.23. The fourth-order valence-electron chi connectivity index (χ4n) is 7.27. The highest BCUT2D eigenvalue weighted by molar-refractivity contribution is 6.12. The van der Waals surface area contributed by atoms with Gasteiger partial charge < -0.3 is 4.42 Å². The summed E-state index contributed by atoms with van der Waals surface area (Å²) in [5.41, 5.74) is 9.15. The number of nitrogens with zero attached hydrogens (tertiary/aromatic N) is 3. The number of para-hydroxylation sites is 1. The van der Waals surface area contributed by atoms with E-state index in [1.54, 1.807) is 0 Å². The number of aromatic nitrogens is 3. The summed E-state index contributed by atoms with van der Waals surface area (Å²) in [4.78, 5) is 15.3. The molecule has 0 saturated heterocycles. The van der Waals surface area contributed by atoms with Crippen LogP contribution in [0, 0.1) is 0 Å². The summed E-state index contributed by atoms with van der Waals surface area (Å²) in [5.74, 6) is 1.85. The average molecular weight is 652 g/mol. The van der Waals surface area contributed by atoms with Gasteiger partial charge in [0.15, 0.2) is 17.5 Å². The van der Waals surface area contributed by atoms with E-state index in [2.05, 4.69) is 115 Å². The van der Waals surface area contributed by atoms with E-state index in [1.165, 1.54) is 21.9 Å². The molecule has 238 valence electrons. The Labute approximate surface area is 294 Å². The Bertz CT molecular complexity index is 2900. The van der Waals surface area contributed by atoms with E-state index in [0.29, 0.717) is 17.5 Å². The normalized spacial score (nSPS) is 11.5. The Morgan fingerprint density at radius 2 is 0.843 bits per heavy atom. The molecule has 10 aromatic rings. The van der Waals surface area contributed by atoms with Crippen LogP contribution in [-0.4, -0.2) is 15.0 Å². The van der Waals surface area contributed by atoms with Crippen LogP contribution in [0.3, 0.4) is 0 Å². The molecule has 0 radical (unpaired) electrons. The van der Waals surface area contributed by atoms with Crippen molar-refractivity contribution < 1.29 is 4.42 Å². The van der Waals surface area contributed by atoms with Crippen molar-refractivity contribution in [3.05, 3.63) is 176 Å². The van der Waals surface area contributed by atoms with Gasteiger partial charge in [0, 0.05) is 27.5 Å². The van der Waals surface area contributed by atoms with E-state index in [0.717, 1.165) is 60.5 Å². The SMILES string of the molecule is c1ccc(-c2nc(-c3ccc4cccc(-c5ccc(-c6cccc7ccccc67)cc5)c4c3)nc(-c3cccc4oc5ccccc5c34)n2)cc1. The molecule has 0 amide bonds. The molecule has 0 unspecified atom stereocenters. The van der Waals surface area contributed by atoms with Crippen LogP contribution in [0.5, 0.6) is 0 Å². The molecule has 10 rings (SSSR count). The molecule has 8 aromatic carbocycles. The predicted molar refractivity (Wildman–Crippen MR) is 209 cm³/mol. The quantitative estimate of drug-likeness (QED) is 0.186. The number of benzene rings is 8. The van der Waals surface area contributed by atoms with E-state index < -0.39 is 0 Å². The molecular weight excluding hydrogens is 623 g/mol. The Balaban J connectivity index is 1.12. The average Bonchev–Trinajstić information content (AvgIpc) is 3.59. The van der Waals surface area contributed by atoms with Crippen LogP contribution in [-0.2, 0) is 0 Å². The third-order valence-corrected chi connectivity index (χ3v) is 9.75. The van der Waals surface area contributed by atoms with Crippen LogP contribution >= 0.6 is 0 Å². The molecule has 0 bridgehead atoms. The van der Waals surface area contributed by atoms with Gasteiger partial charge in [-0.2, -0.15) is 0 Å². The van der Waals surface area contributed by atoms with Gasteiger partial charge in [0.25, 0.3) is 0 Å². The first-order valence-electron chi connectivity index (χ1n) is 17.1. The van der Waals surface area contributed by atoms with Crippen LogP contribution in [0.2, 0.25) is 0 Å². The third-order valence-electron chi connectivity index (χ3n) is 9.75. The van der Waals surface area contributed by atoms with Crippen molar-refractivity contribution in [2.24, 2.45) is 0 Å². The van der Waals surface area contributed by atoms with Gasteiger partial charge in [-0.3, -0.25) is 0 Å². The van der Waals surface area contributed by atoms with Crippen LogP contribution < -0.4 is 0 Å². The second-order valence-electron chi connectivity index (χ2n) is 12.8. The van der Waals surface area contributed by atoms with Crippen LogP contribution in [0.25, 0.3) is 99.9 Å². The molecule has 0 fully saturated rings. The number of rotatable bonds is 5. The lowest BCUT2D eigenvalue weighted by atomic mass is 9.93. The highest BCUT2D eigenvalue weighted by Crippen LogP contribution is 2.38. The minimum Gasteiger partial charge on any atom is -0.456 e. The zero-order chi connectivity index (χ0) is 33.7. The summed E-state index contributed by atoms with van der Waals surface area (Å²) in [5, 5.41) is 6.82. The fourth-order valence-corrected chi connectivity index (χ4v) is 7.27. The fraction of sp³-hybridized carbons (Fsp3) is 0. The van der Waals surface area contributed by atoms with Gasteiger partial charge in [-0.25, -0.2) is 15.0 Å². The molecule has 4 nitrogen and oxygen atoms in total. The van der Waals surface area contributed by atoms with E-state index in [1.807, 2.05) is 60.7 Å². The van der Waals surface area contributed by atoms with Gasteiger partial charge in [0.1, 0.15) is 11.2 Å². The van der Waals surface area contributed by atoms with Crippen molar-refractivity contribution in [2.75, 3.05) is 0 Å². The maximum atomic E-state index is 6.23. The summed E-state index contributed by atoms with van der Waals surface area (Å²) in [6, 6.07) is 61.2. The van der Waals surface area contributed by atoms with E-state index in [9.17, 15) is 0 Å². The van der Waals surface area contributed by atoms with Crippen molar-refractivity contribution in [3.8, 4) is 56.4 Å². The second kappa shape index (κ2) is 11.9. The van der Waals surface area contributed by atoms with Crippen molar-refractivity contribution in [1.82, 2.24) is 15.0 Å². The molecule has 4 heteroatoms. The van der Waals surface area contributed by atoms with Gasteiger partial charge in [0.2, 0.25) is 0 Å². The molecule has 0 atom stereocenters. The van der Waals surface area contributed by atoms with E-state index >= 15 is 0 Å². The van der Waals surface area contributed by atoms with Gasteiger partial charge in [0.05, 0.1) is 0 Å². The van der Waals surface area contributed by atoms with Gasteiger partial charge in [-0.15, -0.1) is 0 Å². The molecule has 0 aliphatic heterocycles. The predicted octanol–water partition coefficient (Wildman–Crippen LogP) is 12.4. The lowest BCUT2D eigenvalue weighted by Gasteiger charge is -2.12. The first kappa shape index (κ1) is 29.0. The smallest absolute Gasteiger partial charge is 0.164 e. The van der Waals surface area contributed by atoms with Gasteiger partial charge in [-0.05, 0) is 62.0 Å². The Kier molecular flexibility index (Phi) is 6.78. The molecule has 0 spiro atoms. The summed E-state index contributed by atoms with van der Waals surface area (Å²) in [6.45, 7) is 0. The largest absolute Gasteiger partial charge is 0.456 e. The minimum absolute atomic E-state index is 0.605. The highest BCUT2D eigenvalue weighted by atomic mass is 16.3. The van der Waals surface area contributed by atoms with Crippen molar-refractivity contribution in [2.45, 2.75) is 0 Å². The zero-order valence-corrected chi connectivity index (χ0v) is 27.5. The number of furan rings is 1. The Morgan fingerprint density at radius 3 is 1.63 bits per heavy atom. The lowest BCUT2D eigenvalue weighted by molar-refractivity contribution is 0.669. The Hall–Kier alpha value is -6.91. The first-order valence-corrected chi connectivity index (χ1v) is 17.1. The second-order valence-corrected chi connectivity index (χ2v) is 12.8. The molecule has 2 heterocycles. The highest BCUT2D eigenvalue weighted by Gasteiger charge is 2.18. The molecule has 0 N–H and O–H groups in total. The first-order chi connectivity index (χ1) is 25.3. The summed E-state index contributed by atoms with van der Waals surface area (Å²) in [6.07, 6.45) is 0. The molecular formula is C47H29N3O. The standard InChI is InChI=1S/C47H29N3O/c1-2-12-34(13-3-1)45-48-46(50-47(49-45)40-20-10-22-43-44(40)39-17-6-7-21-42(39)51-43)35-28-27-31-15-9-19-38(41(31)29-35)33-25-23-32(24-26-33)37-18-8-14-30-11-4-5-16-36(30)37/h1-29H. The van der Waals surface area contributed by atoms with Crippen LogP contribution in [0.4, 0.5) is 0 Å². The molecule has 0 saturated carbocycles. The maximum Gasteiger partial charge on any atom is 0.164 e. The molecule has 2 aromatic heterocycles.